The third-order valence-electron chi connectivity index (χ3n) is 2.59. The summed E-state index contributed by atoms with van der Waals surface area (Å²) in [6.07, 6.45) is 0. The van der Waals surface area contributed by atoms with E-state index in [2.05, 4.69) is 20.8 Å². The van der Waals surface area contributed by atoms with Crippen molar-refractivity contribution in [3.63, 3.8) is 0 Å². The molecule has 118 valence electrons. The highest BCUT2D eigenvalue weighted by Crippen LogP contribution is 2.26. The van der Waals surface area contributed by atoms with E-state index in [4.69, 9.17) is 4.42 Å². The fourth-order valence-corrected chi connectivity index (χ4v) is 2.79. The van der Waals surface area contributed by atoms with E-state index in [9.17, 15) is 9.59 Å². The molecule has 0 aliphatic rings. The van der Waals surface area contributed by atoms with Gasteiger partial charge in [0.25, 0.3) is 11.1 Å². The van der Waals surface area contributed by atoms with Crippen molar-refractivity contribution in [1.29, 1.82) is 0 Å². The van der Waals surface area contributed by atoms with Crippen molar-refractivity contribution >= 4 is 34.9 Å². The van der Waals surface area contributed by atoms with Gasteiger partial charge in [-0.05, 0) is 25.3 Å². The van der Waals surface area contributed by atoms with Crippen LogP contribution in [0.4, 0.5) is 0 Å². The lowest BCUT2D eigenvalue weighted by Gasteiger charge is -2.12. The van der Waals surface area contributed by atoms with Crippen LogP contribution >= 0.6 is 23.1 Å². The Bertz CT molecular complexity index is 627. The topological polar surface area (TPSA) is 97.1 Å². The van der Waals surface area contributed by atoms with Crippen LogP contribution in [0.15, 0.2) is 27.2 Å². The lowest BCUT2D eigenvalue weighted by atomic mass is 10.3. The van der Waals surface area contributed by atoms with Gasteiger partial charge in [0.05, 0.1) is 10.6 Å². The molecule has 2 N–H and O–H groups in total. The maximum absolute atomic E-state index is 11.8. The molecule has 2 heterocycles. The van der Waals surface area contributed by atoms with Crippen molar-refractivity contribution in [2.45, 2.75) is 25.1 Å². The summed E-state index contributed by atoms with van der Waals surface area (Å²) >= 11 is 2.64. The van der Waals surface area contributed by atoms with Gasteiger partial charge < -0.3 is 15.1 Å². The molecule has 2 aromatic heterocycles. The van der Waals surface area contributed by atoms with Gasteiger partial charge in [-0.1, -0.05) is 17.8 Å². The second kappa shape index (κ2) is 7.95. The molecule has 22 heavy (non-hydrogen) atoms. The van der Waals surface area contributed by atoms with E-state index < -0.39 is 6.04 Å². The molecular weight excluding hydrogens is 324 g/mol. The zero-order valence-corrected chi connectivity index (χ0v) is 13.8. The third kappa shape index (κ3) is 4.57. The molecule has 0 fully saturated rings. The van der Waals surface area contributed by atoms with Crippen LogP contribution in [0.1, 0.15) is 13.8 Å². The molecule has 0 radical (unpaired) electrons. The molecule has 0 aliphatic carbocycles. The zero-order valence-electron chi connectivity index (χ0n) is 12.2. The smallest absolute Gasteiger partial charge is 0.277 e. The lowest BCUT2D eigenvalue weighted by molar-refractivity contribution is -0.127. The Labute approximate surface area is 135 Å². The highest BCUT2D eigenvalue weighted by Gasteiger charge is 2.16. The van der Waals surface area contributed by atoms with Crippen molar-refractivity contribution in [3.8, 4) is 10.8 Å². The minimum Gasteiger partial charge on any atom is -0.410 e. The van der Waals surface area contributed by atoms with Crippen molar-refractivity contribution in [2.24, 2.45) is 0 Å². The first-order chi connectivity index (χ1) is 10.6. The Morgan fingerprint density at radius 2 is 2.27 bits per heavy atom. The van der Waals surface area contributed by atoms with Gasteiger partial charge in [0.2, 0.25) is 11.8 Å². The molecule has 2 aromatic rings. The van der Waals surface area contributed by atoms with Crippen molar-refractivity contribution in [1.82, 2.24) is 20.8 Å². The zero-order chi connectivity index (χ0) is 15.9. The predicted molar refractivity (Wildman–Crippen MR) is 84.6 cm³/mol. The number of likely N-dealkylation sites (N-methyl/N-ethyl adjacent to an activating group) is 1. The Morgan fingerprint density at radius 3 is 2.95 bits per heavy atom. The van der Waals surface area contributed by atoms with Crippen LogP contribution in [0.3, 0.4) is 0 Å². The molecule has 0 saturated heterocycles. The minimum atomic E-state index is -0.572. The number of thiophene rings is 1. The summed E-state index contributed by atoms with van der Waals surface area (Å²) < 4.78 is 5.46. The lowest BCUT2D eigenvalue weighted by Crippen LogP contribution is -2.45. The Balaban J connectivity index is 1.80. The van der Waals surface area contributed by atoms with Gasteiger partial charge in [-0.3, -0.25) is 9.59 Å². The van der Waals surface area contributed by atoms with E-state index in [0.29, 0.717) is 17.7 Å². The van der Waals surface area contributed by atoms with Crippen LogP contribution in [0, 0.1) is 0 Å². The van der Waals surface area contributed by atoms with Crippen LogP contribution < -0.4 is 10.6 Å². The third-order valence-corrected chi connectivity index (χ3v) is 4.26. The van der Waals surface area contributed by atoms with Gasteiger partial charge in [0.1, 0.15) is 6.04 Å². The molecule has 7 nitrogen and oxygen atoms in total. The highest BCUT2D eigenvalue weighted by molar-refractivity contribution is 7.99. The number of hydrogen-bond donors (Lipinski definition) is 2. The first-order valence-electron chi connectivity index (χ1n) is 6.67. The molecule has 0 bridgehead atoms. The summed E-state index contributed by atoms with van der Waals surface area (Å²) in [5, 5.41) is 15.3. The number of thioether (sulfide) groups is 1. The second-order valence-corrected chi connectivity index (χ2v) is 6.20. The highest BCUT2D eigenvalue weighted by atomic mass is 32.2. The van der Waals surface area contributed by atoms with E-state index in [-0.39, 0.29) is 17.6 Å². The molecule has 2 rings (SSSR count). The van der Waals surface area contributed by atoms with E-state index in [1.54, 1.807) is 6.92 Å². The van der Waals surface area contributed by atoms with Gasteiger partial charge in [-0.2, -0.15) is 0 Å². The fourth-order valence-electron chi connectivity index (χ4n) is 1.57. The molecule has 1 atom stereocenters. The molecule has 9 heteroatoms. The Kier molecular flexibility index (Phi) is 5.96. The average Bonchev–Trinajstić information content (AvgIpc) is 3.16. The number of rotatable bonds is 7. The van der Waals surface area contributed by atoms with Crippen LogP contribution in [0.5, 0.6) is 0 Å². The van der Waals surface area contributed by atoms with Gasteiger partial charge in [-0.25, -0.2) is 0 Å². The van der Waals surface area contributed by atoms with Gasteiger partial charge in [0, 0.05) is 6.54 Å². The number of nitrogens with one attached hydrogen (secondary N) is 2. The summed E-state index contributed by atoms with van der Waals surface area (Å²) in [7, 11) is 0. The number of nitrogens with zero attached hydrogens (tertiary/aromatic N) is 2. The monoisotopic (exact) mass is 340 g/mol. The number of carbonyl (C=O) groups excluding carboxylic acids is 2. The summed E-state index contributed by atoms with van der Waals surface area (Å²) in [5.41, 5.74) is 0. The van der Waals surface area contributed by atoms with Crippen molar-refractivity contribution in [3.05, 3.63) is 17.5 Å². The molecular formula is C13H16N4O3S2. The van der Waals surface area contributed by atoms with Crippen molar-refractivity contribution < 1.29 is 14.0 Å². The maximum Gasteiger partial charge on any atom is 0.277 e. The van der Waals surface area contributed by atoms with Crippen molar-refractivity contribution in [2.75, 3.05) is 12.3 Å². The summed E-state index contributed by atoms with van der Waals surface area (Å²) in [4.78, 5) is 24.2. The predicted octanol–water partition coefficient (Wildman–Crippen LogP) is 1.53. The first-order valence-corrected chi connectivity index (χ1v) is 8.54. The number of carbonyl (C=O) groups is 2. The Hall–Kier alpha value is -1.87. The standard InChI is InChI=1S/C13H16N4O3S2/c1-3-14-11(19)8(2)15-10(18)7-22-13-17-16-12(20-13)9-5-4-6-21-9/h4-6,8H,3,7H2,1-2H3,(H,14,19)(H,15,18)/t8-/m1/s1. The van der Waals surface area contributed by atoms with E-state index in [1.807, 2.05) is 24.4 Å². The minimum absolute atomic E-state index is 0.107. The summed E-state index contributed by atoms with van der Waals surface area (Å²) in [5.74, 6) is 0.0716. The molecule has 0 aromatic carbocycles. The number of amides is 2. The first kappa shape index (κ1) is 16.5. The number of hydrogen-bond acceptors (Lipinski definition) is 7. The molecule has 0 aliphatic heterocycles. The van der Waals surface area contributed by atoms with Crippen LogP contribution in [0.25, 0.3) is 10.8 Å². The summed E-state index contributed by atoms with van der Waals surface area (Å²) in [6, 6.07) is 3.21. The number of aromatic nitrogens is 2. The quantitative estimate of drug-likeness (QED) is 0.742. The molecule has 0 saturated carbocycles. The normalized spacial score (nSPS) is 11.9. The van der Waals surface area contributed by atoms with Gasteiger partial charge in [0.15, 0.2) is 0 Å². The van der Waals surface area contributed by atoms with Crippen LogP contribution in [-0.2, 0) is 9.59 Å². The SMILES string of the molecule is CCNC(=O)[C@@H](C)NC(=O)CSc1nnc(-c2cccs2)o1. The molecule has 0 unspecified atom stereocenters. The fraction of sp³-hybridized carbons (Fsp3) is 0.385. The van der Waals surface area contributed by atoms with Crippen LogP contribution in [-0.4, -0.2) is 40.4 Å². The van der Waals surface area contributed by atoms with Crippen LogP contribution in [0.2, 0.25) is 0 Å². The van der Waals surface area contributed by atoms with E-state index >= 15 is 0 Å². The average molecular weight is 340 g/mol. The largest absolute Gasteiger partial charge is 0.410 e. The van der Waals surface area contributed by atoms with E-state index in [0.717, 1.165) is 16.6 Å². The second-order valence-electron chi connectivity index (χ2n) is 4.32. The van der Waals surface area contributed by atoms with E-state index in [1.165, 1.54) is 11.3 Å². The maximum atomic E-state index is 11.8. The molecule has 0 spiro atoms. The van der Waals surface area contributed by atoms with Gasteiger partial charge in [-0.15, -0.1) is 21.5 Å². The summed E-state index contributed by atoms with van der Waals surface area (Å²) in [6.45, 7) is 3.99. The van der Waals surface area contributed by atoms with Gasteiger partial charge >= 0.3 is 0 Å². The Morgan fingerprint density at radius 1 is 1.45 bits per heavy atom. The molecule has 2 amide bonds.